The van der Waals surface area contributed by atoms with Crippen LogP contribution in [0.3, 0.4) is 0 Å². The Bertz CT molecular complexity index is 88.3. The molecule has 3 nitrogen and oxygen atoms in total. The first-order chi connectivity index (χ1) is 3.81. The van der Waals surface area contributed by atoms with E-state index in [0.29, 0.717) is 0 Å². The Morgan fingerprint density at radius 1 is 1.78 bits per heavy atom. The van der Waals surface area contributed by atoms with E-state index < -0.39 is 5.97 Å². The average Bonchev–Trinajstić information content (AvgIpc) is 1.83. The van der Waals surface area contributed by atoms with E-state index in [-0.39, 0.29) is 20.6 Å². The fourth-order valence-corrected chi connectivity index (χ4v) is 0.205. The van der Waals surface area contributed by atoms with Crippen molar-refractivity contribution in [1.29, 1.82) is 0 Å². The number of hydrogen-bond acceptors (Lipinski definition) is 3. The van der Waals surface area contributed by atoms with Crippen molar-refractivity contribution in [3.63, 3.8) is 0 Å². The Kier molecular flexibility index (Phi) is 8.79. The topological polar surface area (TPSA) is 46.5 Å². The summed E-state index contributed by atoms with van der Waals surface area (Å²) in [5.74, 6) is -0.501. The highest BCUT2D eigenvalue weighted by Gasteiger charge is 1.90. The van der Waals surface area contributed by atoms with Gasteiger partial charge in [0.05, 0.1) is 6.61 Å². The van der Waals surface area contributed by atoms with Crippen molar-refractivity contribution in [2.24, 2.45) is 0 Å². The molecule has 0 aromatic heterocycles. The minimum Gasteiger partial charge on any atom is -0.460 e. The lowest BCUT2D eigenvalue weighted by Crippen LogP contribution is -2.04. The van der Waals surface area contributed by atoms with Crippen LogP contribution in [-0.2, 0) is 9.53 Å². The molecule has 0 saturated heterocycles. The van der Waals surface area contributed by atoms with E-state index >= 15 is 0 Å². The summed E-state index contributed by atoms with van der Waals surface area (Å²) in [6.07, 6.45) is 1.05. The normalized spacial score (nSPS) is 7.22. The minimum atomic E-state index is -0.501. The van der Waals surface area contributed by atoms with Crippen molar-refractivity contribution in [3.8, 4) is 0 Å². The summed E-state index contributed by atoms with van der Waals surface area (Å²) in [5, 5.41) is 8.10. The fourth-order valence-electron chi connectivity index (χ4n) is 0.205. The maximum absolute atomic E-state index is 10.1. The Balaban J connectivity index is 0. The highest BCUT2D eigenvalue weighted by atomic mass is 16.5. The summed E-state index contributed by atoms with van der Waals surface area (Å²) < 4.78 is 4.33. The van der Waals surface area contributed by atoms with Crippen LogP contribution in [0.5, 0.6) is 0 Å². The SMILES string of the molecule is C.C=CC(=O)OCCO. The summed E-state index contributed by atoms with van der Waals surface area (Å²) in [5.41, 5.74) is 0. The van der Waals surface area contributed by atoms with Crippen LogP contribution in [-0.4, -0.2) is 24.3 Å². The smallest absolute Gasteiger partial charge is 0.330 e. The molecule has 0 radical (unpaired) electrons. The molecule has 0 aromatic rings. The van der Waals surface area contributed by atoms with Crippen LogP contribution in [0.1, 0.15) is 7.43 Å². The summed E-state index contributed by atoms with van der Waals surface area (Å²) in [4.78, 5) is 10.1. The molecule has 0 aromatic carbocycles. The molecule has 0 unspecified atom stereocenters. The quantitative estimate of drug-likeness (QED) is 0.445. The summed E-state index contributed by atoms with van der Waals surface area (Å²) >= 11 is 0. The third kappa shape index (κ3) is 7.17. The Morgan fingerprint density at radius 3 is 2.67 bits per heavy atom. The van der Waals surface area contributed by atoms with Gasteiger partial charge >= 0.3 is 5.97 Å². The van der Waals surface area contributed by atoms with Crippen molar-refractivity contribution < 1.29 is 14.6 Å². The molecule has 0 bridgehead atoms. The van der Waals surface area contributed by atoms with Gasteiger partial charge in [-0.25, -0.2) is 4.79 Å². The third-order valence-corrected chi connectivity index (χ3v) is 0.502. The molecule has 0 amide bonds. The molecule has 0 aliphatic heterocycles. The Morgan fingerprint density at radius 2 is 2.33 bits per heavy atom. The van der Waals surface area contributed by atoms with Crippen LogP contribution >= 0.6 is 0 Å². The van der Waals surface area contributed by atoms with Crippen LogP contribution in [0.4, 0.5) is 0 Å². The maximum atomic E-state index is 10.1. The number of rotatable bonds is 3. The molecule has 3 heteroatoms. The molecular formula is C6H12O3. The molecule has 0 atom stereocenters. The van der Waals surface area contributed by atoms with E-state index in [1.807, 2.05) is 0 Å². The first-order valence-electron chi connectivity index (χ1n) is 2.21. The van der Waals surface area contributed by atoms with Crippen LogP contribution in [0, 0.1) is 0 Å². The molecule has 9 heavy (non-hydrogen) atoms. The van der Waals surface area contributed by atoms with Gasteiger partial charge in [0, 0.05) is 6.08 Å². The van der Waals surface area contributed by atoms with Crippen molar-refractivity contribution in [1.82, 2.24) is 0 Å². The van der Waals surface area contributed by atoms with Gasteiger partial charge < -0.3 is 9.84 Å². The first kappa shape index (κ1) is 11.0. The zero-order valence-corrected chi connectivity index (χ0v) is 4.46. The van der Waals surface area contributed by atoms with Gasteiger partial charge in [0.15, 0.2) is 0 Å². The highest BCUT2D eigenvalue weighted by Crippen LogP contribution is 1.75. The maximum Gasteiger partial charge on any atom is 0.330 e. The Labute approximate surface area is 54.9 Å². The average molecular weight is 132 g/mol. The van der Waals surface area contributed by atoms with E-state index in [4.69, 9.17) is 5.11 Å². The standard InChI is InChI=1S/C5H8O3.CH4/c1-2-5(7)8-4-3-6;/h2,6H,1,3-4H2;1H4. The second-order valence-corrected chi connectivity index (χ2v) is 1.10. The fraction of sp³-hybridized carbons (Fsp3) is 0.500. The van der Waals surface area contributed by atoms with Crippen LogP contribution in [0.15, 0.2) is 12.7 Å². The monoisotopic (exact) mass is 132 g/mol. The first-order valence-corrected chi connectivity index (χ1v) is 2.21. The van der Waals surface area contributed by atoms with E-state index in [1.54, 1.807) is 0 Å². The van der Waals surface area contributed by atoms with Gasteiger partial charge in [-0.3, -0.25) is 0 Å². The lowest BCUT2D eigenvalue weighted by atomic mass is 10.6. The lowest BCUT2D eigenvalue weighted by molar-refractivity contribution is -0.138. The van der Waals surface area contributed by atoms with Gasteiger partial charge in [0.1, 0.15) is 6.61 Å². The largest absolute Gasteiger partial charge is 0.460 e. The molecule has 0 heterocycles. The van der Waals surface area contributed by atoms with Gasteiger partial charge in [-0.2, -0.15) is 0 Å². The van der Waals surface area contributed by atoms with Crippen molar-refractivity contribution in [2.45, 2.75) is 7.43 Å². The van der Waals surface area contributed by atoms with Crippen LogP contribution < -0.4 is 0 Å². The molecule has 0 aliphatic rings. The third-order valence-electron chi connectivity index (χ3n) is 0.502. The summed E-state index contributed by atoms with van der Waals surface area (Å²) in [6.45, 7) is 3.06. The predicted octanol–water partition coefficient (Wildman–Crippen LogP) is 0.344. The van der Waals surface area contributed by atoms with Crippen LogP contribution in [0.2, 0.25) is 0 Å². The molecule has 54 valence electrons. The second kappa shape index (κ2) is 7.17. The molecular weight excluding hydrogens is 120 g/mol. The summed E-state index contributed by atoms with van der Waals surface area (Å²) in [7, 11) is 0. The number of carbonyl (C=O) groups excluding carboxylic acids is 1. The number of hydrogen-bond donors (Lipinski definition) is 1. The highest BCUT2D eigenvalue weighted by molar-refractivity contribution is 5.81. The number of ether oxygens (including phenoxy) is 1. The number of carbonyl (C=O) groups is 1. The number of aliphatic hydroxyl groups is 1. The number of aliphatic hydroxyl groups excluding tert-OH is 1. The predicted molar refractivity (Wildman–Crippen MR) is 35.0 cm³/mol. The molecule has 0 rings (SSSR count). The van der Waals surface area contributed by atoms with Gasteiger partial charge in [-0.05, 0) is 0 Å². The van der Waals surface area contributed by atoms with Crippen LogP contribution in [0.25, 0.3) is 0 Å². The van der Waals surface area contributed by atoms with E-state index in [2.05, 4.69) is 11.3 Å². The van der Waals surface area contributed by atoms with Gasteiger partial charge in [-0.15, -0.1) is 0 Å². The van der Waals surface area contributed by atoms with Gasteiger partial charge in [0.25, 0.3) is 0 Å². The zero-order chi connectivity index (χ0) is 6.41. The second-order valence-electron chi connectivity index (χ2n) is 1.10. The Hall–Kier alpha value is -0.830. The molecule has 0 aliphatic carbocycles. The summed E-state index contributed by atoms with van der Waals surface area (Å²) in [6, 6.07) is 0. The molecule has 0 saturated carbocycles. The van der Waals surface area contributed by atoms with E-state index in [1.165, 1.54) is 0 Å². The zero-order valence-electron chi connectivity index (χ0n) is 4.46. The lowest BCUT2D eigenvalue weighted by Gasteiger charge is -1.94. The molecule has 0 fully saturated rings. The molecule has 1 N–H and O–H groups in total. The van der Waals surface area contributed by atoms with Crippen molar-refractivity contribution >= 4 is 5.97 Å². The molecule has 0 spiro atoms. The van der Waals surface area contributed by atoms with Gasteiger partial charge in [-0.1, -0.05) is 14.0 Å². The van der Waals surface area contributed by atoms with Crippen molar-refractivity contribution in [2.75, 3.05) is 13.2 Å². The minimum absolute atomic E-state index is 0. The van der Waals surface area contributed by atoms with Gasteiger partial charge in [0.2, 0.25) is 0 Å². The van der Waals surface area contributed by atoms with E-state index in [0.717, 1.165) is 6.08 Å². The van der Waals surface area contributed by atoms with E-state index in [9.17, 15) is 4.79 Å². The van der Waals surface area contributed by atoms with Crippen molar-refractivity contribution in [3.05, 3.63) is 12.7 Å². The number of esters is 1.